The fourth-order valence-electron chi connectivity index (χ4n) is 3.16. The highest BCUT2D eigenvalue weighted by atomic mass is 35.5. The third kappa shape index (κ3) is 5.10. The number of para-hydroxylation sites is 1. The Balaban J connectivity index is 1.51. The van der Waals surface area contributed by atoms with Crippen molar-refractivity contribution < 1.29 is 0 Å². The van der Waals surface area contributed by atoms with Crippen LogP contribution in [-0.2, 0) is 6.54 Å². The Labute approximate surface area is 160 Å². The van der Waals surface area contributed by atoms with Gasteiger partial charge in [-0.3, -0.25) is 0 Å². The summed E-state index contributed by atoms with van der Waals surface area (Å²) < 4.78 is 0. The number of anilines is 2. The minimum atomic E-state index is 0.571. The van der Waals surface area contributed by atoms with E-state index in [9.17, 15) is 0 Å². The molecule has 0 radical (unpaired) electrons. The van der Waals surface area contributed by atoms with E-state index in [0.717, 1.165) is 24.7 Å². The van der Waals surface area contributed by atoms with Gasteiger partial charge in [0.25, 0.3) is 0 Å². The van der Waals surface area contributed by atoms with Crippen LogP contribution in [0.3, 0.4) is 0 Å². The Morgan fingerprint density at radius 2 is 1.96 bits per heavy atom. The summed E-state index contributed by atoms with van der Waals surface area (Å²) >= 11 is 11.5. The number of benzene rings is 2. The van der Waals surface area contributed by atoms with Gasteiger partial charge in [0.05, 0.1) is 10.7 Å². The van der Waals surface area contributed by atoms with E-state index in [1.807, 2.05) is 24.3 Å². The predicted octanol–water partition coefficient (Wildman–Crippen LogP) is 5.06. The fraction of sp³-hybridized carbons (Fsp3) is 0.350. The van der Waals surface area contributed by atoms with Crippen molar-refractivity contribution in [3.05, 3.63) is 59.1 Å². The second kappa shape index (κ2) is 8.54. The largest absolute Gasteiger partial charge is 0.371 e. The van der Waals surface area contributed by atoms with Gasteiger partial charge in [-0.1, -0.05) is 42.8 Å². The minimum absolute atomic E-state index is 0.571. The zero-order valence-electron chi connectivity index (χ0n) is 14.5. The number of nitrogens with zero attached hydrogens (tertiary/aromatic N) is 1. The molecule has 3 rings (SSSR count). The number of hydrogen-bond donors (Lipinski definition) is 2. The van der Waals surface area contributed by atoms with E-state index in [1.165, 1.54) is 24.1 Å². The average Bonchev–Trinajstić information content (AvgIpc) is 2.62. The standard InChI is InChI=1S/C20H24ClN3S/c1-15-5-4-12-24(14-15)17-10-8-16(9-11-17)13-22-20(25)23-19-7-3-2-6-18(19)21/h2-3,6-11,15H,4-5,12-14H2,1H3,(H2,22,23,25)/t15-/m0/s1. The van der Waals surface area contributed by atoms with Gasteiger partial charge in [0.2, 0.25) is 0 Å². The monoisotopic (exact) mass is 373 g/mol. The van der Waals surface area contributed by atoms with Crippen molar-refractivity contribution in [1.82, 2.24) is 5.32 Å². The predicted molar refractivity (Wildman–Crippen MR) is 112 cm³/mol. The molecule has 2 N–H and O–H groups in total. The quantitative estimate of drug-likeness (QED) is 0.732. The molecule has 132 valence electrons. The van der Waals surface area contributed by atoms with Crippen molar-refractivity contribution in [3.8, 4) is 0 Å². The third-order valence-corrected chi connectivity index (χ3v) is 5.11. The number of nitrogens with one attached hydrogen (secondary N) is 2. The molecule has 1 saturated heterocycles. The Kier molecular flexibility index (Phi) is 6.16. The van der Waals surface area contributed by atoms with Crippen LogP contribution in [0.5, 0.6) is 0 Å². The molecule has 1 fully saturated rings. The zero-order chi connectivity index (χ0) is 17.6. The summed E-state index contributed by atoms with van der Waals surface area (Å²) in [6.45, 7) is 5.33. The lowest BCUT2D eigenvalue weighted by Crippen LogP contribution is -2.34. The summed E-state index contributed by atoms with van der Waals surface area (Å²) in [6, 6.07) is 16.3. The normalized spacial score (nSPS) is 17.2. The van der Waals surface area contributed by atoms with Gasteiger partial charge in [0.1, 0.15) is 0 Å². The molecule has 1 atom stereocenters. The van der Waals surface area contributed by atoms with E-state index in [0.29, 0.717) is 16.7 Å². The van der Waals surface area contributed by atoms with Crippen LogP contribution in [-0.4, -0.2) is 18.2 Å². The number of piperidine rings is 1. The first kappa shape index (κ1) is 18.0. The number of thiocarbonyl (C=S) groups is 1. The van der Waals surface area contributed by atoms with Crippen LogP contribution >= 0.6 is 23.8 Å². The summed E-state index contributed by atoms with van der Waals surface area (Å²) in [5.74, 6) is 0.781. The van der Waals surface area contributed by atoms with Gasteiger partial charge in [-0.05, 0) is 60.8 Å². The molecule has 0 saturated carbocycles. The second-order valence-corrected chi connectivity index (χ2v) is 7.46. The van der Waals surface area contributed by atoms with E-state index < -0.39 is 0 Å². The van der Waals surface area contributed by atoms with Crippen molar-refractivity contribution in [2.45, 2.75) is 26.3 Å². The molecule has 5 heteroatoms. The summed E-state index contributed by atoms with van der Waals surface area (Å²) in [6.07, 6.45) is 2.63. The van der Waals surface area contributed by atoms with Crippen LogP contribution in [0, 0.1) is 5.92 Å². The maximum atomic E-state index is 6.13. The van der Waals surface area contributed by atoms with E-state index in [2.05, 4.69) is 46.7 Å². The van der Waals surface area contributed by atoms with Crippen LogP contribution in [0.15, 0.2) is 48.5 Å². The molecule has 2 aromatic carbocycles. The Morgan fingerprint density at radius 1 is 1.20 bits per heavy atom. The van der Waals surface area contributed by atoms with E-state index in [1.54, 1.807) is 0 Å². The Hall–Kier alpha value is -1.78. The maximum Gasteiger partial charge on any atom is 0.171 e. The maximum absolute atomic E-state index is 6.13. The van der Waals surface area contributed by atoms with Gasteiger partial charge in [-0.15, -0.1) is 0 Å². The van der Waals surface area contributed by atoms with Crippen molar-refractivity contribution in [3.63, 3.8) is 0 Å². The number of rotatable bonds is 4. The summed E-state index contributed by atoms with van der Waals surface area (Å²) in [5, 5.41) is 7.59. The molecule has 0 amide bonds. The van der Waals surface area contributed by atoms with Crippen molar-refractivity contribution in [2.75, 3.05) is 23.3 Å². The van der Waals surface area contributed by atoms with E-state index >= 15 is 0 Å². The highest BCUT2D eigenvalue weighted by molar-refractivity contribution is 7.80. The van der Waals surface area contributed by atoms with Crippen LogP contribution < -0.4 is 15.5 Å². The summed E-state index contributed by atoms with van der Waals surface area (Å²) in [4.78, 5) is 2.48. The average molecular weight is 374 g/mol. The van der Waals surface area contributed by atoms with Crippen molar-refractivity contribution in [1.29, 1.82) is 0 Å². The first-order valence-corrected chi connectivity index (χ1v) is 9.54. The third-order valence-electron chi connectivity index (χ3n) is 4.53. The highest BCUT2D eigenvalue weighted by Gasteiger charge is 2.16. The second-order valence-electron chi connectivity index (χ2n) is 6.65. The number of hydrogen-bond acceptors (Lipinski definition) is 2. The lowest BCUT2D eigenvalue weighted by atomic mass is 9.99. The highest BCUT2D eigenvalue weighted by Crippen LogP contribution is 2.23. The zero-order valence-corrected chi connectivity index (χ0v) is 16.0. The van der Waals surface area contributed by atoms with Crippen LogP contribution in [0.25, 0.3) is 0 Å². The van der Waals surface area contributed by atoms with Gasteiger partial charge >= 0.3 is 0 Å². The first-order chi connectivity index (χ1) is 12.1. The van der Waals surface area contributed by atoms with Crippen molar-refractivity contribution in [2.24, 2.45) is 5.92 Å². The van der Waals surface area contributed by atoms with E-state index in [4.69, 9.17) is 23.8 Å². The smallest absolute Gasteiger partial charge is 0.171 e. The molecule has 1 aliphatic rings. The van der Waals surface area contributed by atoms with Gasteiger partial charge in [-0.25, -0.2) is 0 Å². The Morgan fingerprint density at radius 3 is 2.68 bits per heavy atom. The molecule has 25 heavy (non-hydrogen) atoms. The molecule has 0 spiro atoms. The molecular weight excluding hydrogens is 350 g/mol. The Bertz CT molecular complexity index is 717. The molecule has 3 nitrogen and oxygen atoms in total. The van der Waals surface area contributed by atoms with Crippen LogP contribution in [0.1, 0.15) is 25.3 Å². The molecule has 0 unspecified atom stereocenters. The molecule has 0 aromatic heterocycles. The molecular formula is C20H24ClN3S. The van der Waals surface area contributed by atoms with Gasteiger partial charge in [0.15, 0.2) is 5.11 Å². The SMILES string of the molecule is C[C@H]1CCCN(c2ccc(CNC(=S)Nc3ccccc3Cl)cc2)C1. The minimum Gasteiger partial charge on any atom is -0.371 e. The molecule has 0 bridgehead atoms. The first-order valence-electron chi connectivity index (χ1n) is 8.75. The van der Waals surface area contributed by atoms with Crippen molar-refractivity contribution >= 4 is 40.3 Å². The lowest BCUT2D eigenvalue weighted by molar-refractivity contribution is 0.447. The summed E-state index contributed by atoms with van der Waals surface area (Å²) in [5.41, 5.74) is 3.33. The summed E-state index contributed by atoms with van der Waals surface area (Å²) in [7, 11) is 0. The topological polar surface area (TPSA) is 27.3 Å². The van der Waals surface area contributed by atoms with Gasteiger partial charge in [-0.2, -0.15) is 0 Å². The molecule has 1 aliphatic heterocycles. The molecule has 2 aromatic rings. The van der Waals surface area contributed by atoms with Crippen LogP contribution in [0.2, 0.25) is 5.02 Å². The van der Waals surface area contributed by atoms with Crippen LogP contribution in [0.4, 0.5) is 11.4 Å². The number of halogens is 1. The fourth-order valence-corrected chi connectivity index (χ4v) is 3.53. The van der Waals surface area contributed by atoms with Gasteiger partial charge in [0, 0.05) is 25.3 Å². The molecule has 0 aliphatic carbocycles. The van der Waals surface area contributed by atoms with Gasteiger partial charge < -0.3 is 15.5 Å². The lowest BCUT2D eigenvalue weighted by Gasteiger charge is -2.32. The molecule has 1 heterocycles. The van der Waals surface area contributed by atoms with E-state index in [-0.39, 0.29) is 0 Å².